The summed E-state index contributed by atoms with van der Waals surface area (Å²) in [6.45, 7) is 4.07. The van der Waals surface area contributed by atoms with Gasteiger partial charge in [-0.15, -0.1) is 0 Å². The second kappa shape index (κ2) is 5.05. The lowest BCUT2D eigenvalue weighted by atomic mass is 9.95. The van der Waals surface area contributed by atoms with Crippen LogP contribution in [-0.2, 0) is 4.74 Å². The number of pyridine rings is 1. The Kier molecular flexibility index (Phi) is 3.38. The normalized spacial score (nSPS) is 28.1. The van der Waals surface area contributed by atoms with Gasteiger partial charge < -0.3 is 15.8 Å². The summed E-state index contributed by atoms with van der Waals surface area (Å²) in [5, 5.41) is 3.07. The lowest BCUT2D eigenvalue weighted by molar-refractivity contribution is 0.0841. The highest BCUT2D eigenvalue weighted by atomic mass is 16.5. The first kappa shape index (κ1) is 13.4. The number of nitrogens with two attached hydrogens (primary N) is 1. The van der Waals surface area contributed by atoms with E-state index >= 15 is 0 Å². The zero-order valence-corrected chi connectivity index (χ0v) is 11.9. The summed E-state index contributed by atoms with van der Waals surface area (Å²) in [6.07, 6.45) is 3.61. The number of rotatable bonds is 3. The monoisotopic (exact) mass is 275 g/mol. The van der Waals surface area contributed by atoms with Gasteiger partial charge in [0.2, 0.25) is 0 Å². The van der Waals surface area contributed by atoms with E-state index in [0.717, 1.165) is 25.0 Å². The maximum atomic E-state index is 12.4. The molecule has 20 heavy (non-hydrogen) atoms. The van der Waals surface area contributed by atoms with Crippen LogP contribution in [0.2, 0.25) is 0 Å². The van der Waals surface area contributed by atoms with Crippen molar-refractivity contribution < 1.29 is 9.53 Å². The van der Waals surface area contributed by atoms with Gasteiger partial charge in [0.15, 0.2) is 0 Å². The topological polar surface area (TPSA) is 77.2 Å². The summed E-state index contributed by atoms with van der Waals surface area (Å²) in [5.41, 5.74) is 7.22. The molecular weight excluding hydrogens is 254 g/mol. The predicted molar refractivity (Wildman–Crippen MR) is 76.5 cm³/mol. The van der Waals surface area contributed by atoms with Gasteiger partial charge in [-0.1, -0.05) is 13.8 Å². The van der Waals surface area contributed by atoms with Gasteiger partial charge >= 0.3 is 0 Å². The minimum atomic E-state index is -0.0813. The van der Waals surface area contributed by atoms with Crippen molar-refractivity contribution in [1.82, 2.24) is 10.3 Å². The molecule has 0 aliphatic carbocycles. The first-order valence-corrected chi connectivity index (χ1v) is 7.26. The summed E-state index contributed by atoms with van der Waals surface area (Å²) < 4.78 is 5.76. The largest absolute Gasteiger partial charge is 0.384 e. The highest BCUT2D eigenvalue weighted by Crippen LogP contribution is 2.34. The molecule has 3 N–H and O–H groups in total. The molecule has 3 heterocycles. The molecule has 5 nitrogen and oxygen atoms in total. The summed E-state index contributed by atoms with van der Waals surface area (Å²) in [7, 11) is 0. The van der Waals surface area contributed by atoms with Gasteiger partial charge in [0.1, 0.15) is 5.82 Å². The van der Waals surface area contributed by atoms with Crippen LogP contribution in [-0.4, -0.2) is 29.1 Å². The summed E-state index contributed by atoms with van der Waals surface area (Å²) in [6, 6.07) is 3.60. The third kappa shape index (κ3) is 2.50. The van der Waals surface area contributed by atoms with Crippen molar-refractivity contribution in [3.63, 3.8) is 0 Å². The molecule has 1 amide bonds. The van der Waals surface area contributed by atoms with Gasteiger partial charge in [0.25, 0.3) is 5.91 Å². The van der Waals surface area contributed by atoms with Crippen molar-refractivity contribution in [2.24, 2.45) is 0 Å². The molecule has 0 saturated carbocycles. The Morgan fingerprint density at radius 3 is 2.85 bits per heavy atom. The number of amides is 1. The number of hydrogen-bond acceptors (Lipinski definition) is 4. The van der Waals surface area contributed by atoms with E-state index in [1.807, 2.05) is 19.9 Å². The molecule has 1 aromatic heterocycles. The van der Waals surface area contributed by atoms with Gasteiger partial charge in [0, 0.05) is 11.3 Å². The molecule has 2 aliphatic heterocycles. The summed E-state index contributed by atoms with van der Waals surface area (Å²) in [5.74, 6) is 0.559. The van der Waals surface area contributed by atoms with Crippen LogP contribution in [0.4, 0.5) is 5.82 Å². The second-order valence-electron chi connectivity index (χ2n) is 6.05. The molecule has 2 bridgehead atoms. The first-order chi connectivity index (χ1) is 9.52. The molecular formula is C15H21N3O2. The summed E-state index contributed by atoms with van der Waals surface area (Å²) in [4.78, 5) is 16.6. The van der Waals surface area contributed by atoms with E-state index in [1.54, 1.807) is 6.07 Å². The number of nitrogens with one attached hydrogen (secondary N) is 1. The lowest BCUT2D eigenvalue weighted by Crippen LogP contribution is -2.41. The Morgan fingerprint density at radius 2 is 2.25 bits per heavy atom. The van der Waals surface area contributed by atoms with Crippen molar-refractivity contribution in [3.05, 3.63) is 23.4 Å². The maximum absolute atomic E-state index is 12.4. The number of nitrogen functional groups attached to an aromatic ring is 1. The van der Waals surface area contributed by atoms with Crippen molar-refractivity contribution in [3.8, 4) is 0 Å². The standard InChI is InChI=1S/C15H21N3O2/c1-8(2)11-5-9(6-14(16)17-11)15(19)18-12-7-10-3-4-13(12)20-10/h5-6,8,10,12-13H,3-4,7H2,1-2H3,(H2,16,17)(H,18,19). The van der Waals surface area contributed by atoms with Crippen molar-refractivity contribution in [2.75, 3.05) is 5.73 Å². The Labute approximate surface area is 118 Å². The number of carbonyl (C=O) groups excluding carboxylic acids is 1. The number of ether oxygens (including phenoxy) is 1. The molecule has 0 aromatic carbocycles. The molecule has 2 aliphatic rings. The molecule has 2 saturated heterocycles. The quantitative estimate of drug-likeness (QED) is 0.882. The van der Waals surface area contributed by atoms with E-state index in [1.165, 1.54) is 0 Å². The van der Waals surface area contributed by atoms with Crippen LogP contribution < -0.4 is 11.1 Å². The smallest absolute Gasteiger partial charge is 0.251 e. The number of hydrogen-bond donors (Lipinski definition) is 2. The maximum Gasteiger partial charge on any atom is 0.251 e. The van der Waals surface area contributed by atoms with Crippen molar-refractivity contribution >= 4 is 11.7 Å². The molecule has 3 rings (SSSR count). The SMILES string of the molecule is CC(C)c1cc(C(=O)NC2CC3CCC2O3)cc(N)n1. The second-order valence-corrected chi connectivity index (χ2v) is 6.05. The van der Waals surface area contributed by atoms with E-state index in [4.69, 9.17) is 10.5 Å². The molecule has 1 aromatic rings. The van der Waals surface area contributed by atoms with Gasteiger partial charge in [-0.25, -0.2) is 4.98 Å². The fourth-order valence-corrected chi connectivity index (χ4v) is 3.04. The van der Waals surface area contributed by atoms with E-state index < -0.39 is 0 Å². The predicted octanol–water partition coefficient (Wildman–Crippen LogP) is 1.84. The minimum absolute atomic E-state index is 0.0813. The van der Waals surface area contributed by atoms with Gasteiger partial charge in [-0.2, -0.15) is 0 Å². The number of aromatic nitrogens is 1. The van der Waals surface area contributed by atoms with Crippen molar-refractivity contribution in [2.45, 2.75) is 57.3 Å². The zero-order valence-electron chi connectivity index (χ0n) is 11.9. The molecule has 0 spiro atoms. The molecule has 2 fully saturated rings. The van der Waals surface area contributed by atoms with E-state index in [0.29, 0.717) is 17.5 Å². The fraction of sp³-hybridized carbons (Fsp3) is 0.600. The Balaban J connectivity index is 1.74. The van der Waals surface area contributed by atoms with Crippen LogP contribution in [0.25, 0.3) is 0 Å². The average Bonchev–Trinajstić information content (AvgIpc) is 3.00. The van der Waals surface area contributed by atoms with Gasteiger partial charge in [-0.05, 0) is 37.3 Å². The Hall–Kier alpha value is -1.62. The summed E-state index contributed by atoms with van der Waals surface area (Å²) >= 11 is 0. The number of anilines is 1. The van der Waals surface area contributed by atoms with Crippen molar-refractivity contribution in [1.29, 1.82) is 0 Å². The molecule has 5 heteroatoms. The molecule has 3 atom stereocenters. The van der Waals surface area contributed by atoms with Crippen LogP contribution in [0.1, 0.15) is 55.1 Å². The lowest BCUT2D eigenvalue weighted by Gasteiger charge is -2.20. The highest BCUT2D eigenvalue weighted by Gasteiger charge is 2.41. The molecule has 0 radical (unpaired) electrons. The van der Waals surface area contributed by atoms with Crippen LogP contribution in [0.5, 0.6) is 0 Å². The zero-order chi connectivity index (χ0) is 14.3. The Morgan fingerprint density at radius 1 is 1.45 bits per heavy atom. The first-order valence-electron chi connectivity index (χ1n) is 7.26. The van der Waals surface area contributed by atoms with Gasteiger partial charge in [-0.3, -0.25) is 4.79 Å². The minimum Gasteiger partial charge on any atom is -0.384 e. The average molecular weight is 275 g/mol. The fourth-order valence-electron chi connectivity index (χ4n) is 3.04. The van der Waals surface area contributed by atoms with E-state index in [2.05, 4.69) is 10.3 Å². The number of carbonyl (C=O) groups is 1. The highest BCUT2D eigenvalue weighted by molar-refractivity contribution is 5.95. The van der Waals surface area contributed by atoms with Crippen LogP contribution in [0, 0.1) is 0 Å². The third-order valence-electron chi connectivity index (χ3n) is 4.14. The van der Waals surface area contributed by atoms with Gasteiger partial charge in [0.05, 0.1) is 18.2 Å². The van der Waals surface area contributed by atoms with Crippen LogP contribution >= 0.6 is 0 Å². The third-order valence-corrected chi connectivity index (χ3v) is 4.14. The Bertz CT molecular complexity index is 530. The van der Waals surface area contributed by atoms with E-state index in [-0.39, 0.29) is 24.0 Å². The van der Waals surface area contributed by atoms with Crippen LogP contribution in [0.3, 0.4) is 0 Å². The number of nitrogens with zero attached hydrogens (tertiary/aromatic N) is 1. The van der Waals surface area contributed by atoms with Crippen LogP contribution in [0.15, 0.2) is 12.1 Å². The molecule has 3 unspecified atom stereocenters. The number of fused-ring (bicyclic) bond motifs is 2. The van der Waals surface area contributed by atoms with E-state index in [9.17, 15) is 4.79 Å². The molecule has 108 valence electrons.